The highest BCUT2D eigenvalue weighted by Crippen LogP contribution is 2.31. The quantitative estimate of drug-likeness (QED) is 0.751. The average Bonchev–Trinajstić information content (AvgIpc) is 2.84. The molecule has 1 aromatic heterocycles. The Morgan fingerprint density at radius 2 is 1.89 bits per heavy atom. The van der Waals surface area contributed by atoms with E-state index in [1.54, 1.807) is 0 Å². The van der Waals surface area contributed by atoms with E-state index in [2.05, 4.69) is 39.1 Å². The molecular formula is C16H14BrNO. The lowest BCUT2D eigenvalue weighted by atomic mass is 9.92. The van der Waals surface area contributed by atoms with Crippen molar-refractivity contribution in [3.05, 3.63) is 70.3 Å². The number of aromatic nitrogens is 1. The van der Waals surface area contributed by atoms with Gasteiger partial charge in [-0.2, -0.15) is 0 Å². The van der Waals surface area contributed by atoms with Gasteiger partial charge in [0, 0.05) is 27.5 Å². The molecule has 0 fully saturated rings. The second-order valence-electron chi connectivity index (χ2n) is 4.58. The number of rotatable bonds is 3. The van der Waals surface area contributed by atoms with Gasteiger partial charge in [-0.05, 0) is 29.3 Å². The summed E-state index contributed by atoms with van der Waals surface area (Å²) >= 11 is 3.50. The minimum absolute atomic E-state index is 0.00394. The zero-order valence-corrected chi connectivity index (χ0v) is 11.9. The summed E-state index contributed by atoms with van der Waals surface area (Å²) in [5.74, 6) is 0.00394. The van der Waals surface area contributed by atoms with Crippen LogP contribution >= 0.6 is 15.9 Å². The second-order valence-corrected chi connectivity index (χ2v) is 5.50. The van der Waals surface area contributed by atoms with Crippen LogP contribution in [-0.4, -0.2) is 16.7 Å². The van der Waals surface area contributed by atoms with Crippen LogP contribution in [0.3, 0.4) is 0 Å². The monoisotopic (exact) mass is 315 g/mol. The van der Waals surface area contributed by atoms with E-state index in [1.807, 2.05) is 36.5 Å². The van der Waals surface area contributed by atoms with Crippen molar-refractivity contribution in [2.75, 3.05) is 6.61 Å². The molecule has 0 saturated carbocycles. The van der Waals surface area contributed by atoms with Gasteiger partial charge >= 0.3 is 0 Å². The number of aliphatic hydroxyl groups excluding tert-OH is 1. The van der Waals surface area contributed by atoms with Crippen molar-refractivity contribution in [2.24, 2.45) is 0 Å². The van der Waals surface area contributed by atoms with Crippen molar-refractivity contribution in [1.29, 1.82) is 0 Å². The van der Waals surface area contributed by atoms with E-state index in [0.717, 1.165) is 26.5 Å². The van der Waals surface area contributed by atoms with Crippen LogP contribution in [0.1, 0.15) is 17.0 Å². The molecule has 0 saturated heterocycles. The maximum atomic E-state index is 9.75. The standard InChI is InChI=1S/C16H14BrNO/c17-12-6-7-16-13(8-12)14(9-18-16)15(10-19)11-4-2-1-3-5-11/h1-9,15,18-19H,10H2/t15-/m1/s1. The fourth-order valence-corrected chi connectivity index (χ4v) is 2.83. The van der Waals surface area contributed by atoms with Gasteiger partial charge in [0.1, 0.15) is 0 Å². The molecular weight excluding hydrogens is 302 g/mol. The molecule has 3 aromatic rings. The lowest BCUT2D eigenvalue weighted by Crippen LogP contribution is -2.05. The van der Waals surface area contributed by atoms with Gasteiger partial charge in [-0.1, -0.05) is 46.3 Å². The number of fused-ring (bicyclic) bond motifs is 1. The van der Waals surface area contributed by atoms with E-state index in [0.29, 0.717) is 0 Å². The number of nitrogens with one attached hydrogen (secondary N) is 1. The predicted molar refractivity (Wildman–Crippen MR) is 81.4 cm³/mol. The summed E-state index contributed by atoms with van der Waals surface area (Å²) in [4.78, 5) is 3.27. The minimum atomic E-state index is 0.00394. The molecule has 3 rings (SSSR count). The molecule has 2 N–H and O–H groups in total. The Kier molecular flexibility index (Phi) is 3.40. The lowest BCUT2D eigenvalue weighted by Gasteiger charge is -2.14. The van der Waals surface area contributed by atoms with Crippen molar-refractivity contribution in [2.45, 2.75) is 5.92 Å². The van der Waals surface area contributed by atoms with Crippen LogP contribution < -0.4 is 0 Å². The van der Waals surface area contributed by atoms with Gasteiger partial charge in [-0.3, -0.25) is 0 Å². The van der Waals surface area contributed by atoms with Gasteiger partial charge in [0.2, 0.25) is 0 Å². The van der Waals surface area contributed by atoms with Crippen LogP contribution in [-0.2, 0) is 0 Å². The summed E-state index contributed by atoms with van der Waals surface area (Å²) in [6, 6.07) is 16.2. The predicted octanol–water partition coefficient (Wildman–Crippen LogP) is 4.05. The fraction of sp³-hybridized carbons (Fsp3) is 0.125. The van der Waals surface area contributed by atoms with Gasteiger partial charge in [0.15, 0.2) is 0 Å². The number of H-pyrrole nitrogens is 1. The summed E-state index contributed by atoms with van der Waals surface area (Å²) in [6.07, 6.45) is 1.99. The zero-order valence-electron chi connectivity index (χ0n) is 10.3. The van der Waals surface area contributed by atoms with Crippen molar-refractivity contribution in [3.63, 3.8) is 0 Å². The maximum Gasteiger partial charge on any atom is 0.0541 e. The molecule has 0 radical (unpaired) electrons. The van der Waals surface area contributed by atoms with Gasteiger partial charge < -0.3 is 10.1 Å². The second kappa shape index (κ2) is 5.19. The molecule has 1 heterocycles. The minimum Gasteiger partial charge on any atom is -0.395 e. The van der Waals surface area contributed by atoms with Crippen LogP contribution in [0.5, 0.6) is 0 Å². The molecule has 2 nitrogen and oxygen atoms in total. The Labute approximate surface area is 120 Å². The number of aromatic amines is 1. The first-order chi connectivity index (χ1) is 9.29. The molecule has 0 spiro atoms. The molecule has 0 aliphatic rings. The normalized spacial score (nSPS) is 12.7. The van der Waals surface area contributed by atoms with Crippen LogP contribution in [0.25, 0.3) is 10.9 Å². The molecule has 1 atom stereocenters. The van der Waals surface area contributed by atoms with E-state index in [4.69, 9.17) is 0 Å². The SMILES string of the molecule is OC[C@H](c1ccccc1)c1c[nH]c2ccc(Br)cc12. The zero-order chi connectivity index (χ0) is 13.2. The Hall–Kier alpha value is -1.58. The molecule has 0 aliphatic carbocycles. The van der Waals surface area contributed by atoms with Gasteiger partial charge in [-0.25, -0.2) is 0 Å². The highest BCUT2D eigenvalue weighted by atomic mass is 79.9. The Morgan fingerprint density at radius 3 is 2.63 bits per heavy atom. The van der Waals surface area contributed by atoms with E-state index >= 15 is 0 Å². The number of benzene rings is 2. The highest BCUT2D eigenvalue weighted by molar-refractivity contribution is 9.10. The third kappa shape index (κ3) is 2.31. The average molecular weight is 316 g/mol. The van der Waals surface area contributed by atoms with Crippen molar-refractivity contribution in [3.8, 4) is 0 Å². The maximum absolute atomic E-state index is 9.75. The number of aliphatic hydroxyl groups is 1. The lowest BCUT2D eigenvalue weighted by molar-refractivity contribution is 0.281. The summed E-state index contributed by atoms with van der Waals surface area (Å²) < 4.78 is 1.05. The number of hydrogen-bond donors (Lipinski definition) is 2. The number of halogens is 1. The summed E-state index contributed by atoms with van der Waals surface area (Å²) in [6.45, 7) is 0.101. The van der Waals surface area contributed by atoms with Gasteiger partial charge in [-0.15, -0.1) is 0 Å². The fourth-order valence-electron chi connectivity index (χ4n) is 2.47. The third-order valence-electron chi connectivity index (χ3n) is 3.44. The van der Waals surface area contributed by atoms with Gasteiger partial charge in [0.05, 0.1) is 6.61 Å². The molecule has 0 amide bonds. The van der Waals surface area contributed by atoms with E-state index < -0.39 is 0 Å². The first-order valence-corrected chi connectivity index (χ1v) is 7.01. The Morgan fingerprint density at radius 1 is 1.11 bits per heavy atom. The highest BCUT2D eigenvalue weighted by Gasteiger charge is 2.17. The van der Waals surface area contributed by atoms with E-state index in [1.165, 1.54) is 0 Å². The van der Waals surface area contributed by atoms with E-state index in [9.17, 15) is 5.11 Å². The van der Waals surface area contributed by atoms with Crippen molar-refractivity contribution in [1.82, 2.24) is 4.98 Å². The molecule has 96 valence electrons. The summed E-state index contributed by atoms with van der Waals surface area (Å²) in [5.41, 5.74) is 3.35. The first kappa shape index (κ1) is 12.5. The van der Waals surface area contributed by atoms with Crippen molar-refractivity contribution >= 4 is 26.8 Å². The largest absolute Gasteiger partial charge is 0.395 e. The summed E-state index contributed by atoms with van der Waals surface area (Å²) in [5, 5.41) is 10.9. The summed E-state index contributed by atoms with van der Waals surface area (Å²) in [7, 11) is 0. The molecule has 0 bridgehead atoms. The van der Waals surface area contributed by atoms with Crippen LogP contribution in [0, 0.1) is 0 Å². The molecule has 19 heavy (non-hydrogen) atoms. The molecule has 2 aromatic carbocycles. The van der Waals surface area contributed by atoms with Crippen LogP contribution in [0.15, 0.2) is 59.2 Å². The van der Waals surface area contributed by atoms with Crippen LogP contribution in [0.2, 0.25) is 0 Å². The Balaban J connectivity index is 2.14. The number of hydrogen-bond acceptors (Lipinski definition) is 1. The smallest absolute Gasteiger partial charge is 0.0541 e. The van der Waals surface area contributed by atoms with Gasteiger partial charge in [0.25, 0.3) is 0 Å². The van der Waals surface area contributed by atoms with E-state index in [-0.39, 0.29) is 12.5 Å². The topological polar surface area (TPSA) is 36.0 Å². The Bertz CT molecular complexity index is 690. The van der Waals surface area contributed by atoms with Crippen molar-refractivity contribution < 1.29 is 5.11 Å². The molecule has 3 heteroatoms. The third-order valence-corrected chi connectivity index (χ3v) is 3.93. The molecule has 0 aliphatic heterocycles. The first-order valence-electron chi connectivity index (χ1n) is 6.22. The van der Waals surface area contributed by atoms with Crippen LogP contribution in [0.4, 0.5) is 0 Å². The molecule has 0 unspecified atom stereocenters.